The molecule has 0 radical (unpaired) electrons. The van der Waals surface area contributed by atoms with Crippen LogP contribution < -0.4 is 0 Å². The summed E-state index contributed by atoms with van der Waals surface area (Å²) in [6, 6.07) is 8.16. The van der Waals surface area contributed by atoms with Crippen LogP contribution in [-0.4, -0.2) is 62.1 Å². The van der Waals surface area contributed by atoms with Gasteiger partial charge in [0.15, 0.2) is 0 Å². The topological polar surface area (TPSA) is 32.8 Å². The molecule has 0 saturated carbocycles. The molecule has 0 N–H and O–H groups in total. The van der Waals surface area contributed by atoms with Gasteiger partial charge in [0.1, 0.15) is 0 Å². The van der Waals surface area contributed by atoms with E-state index in [2.05, 4.69) is 17.0 Å². The van der Waals surface area contributed by atoms with Crippen LogP contribution in [0.5, 0.6) is 0 Å². The van der Waals surface area contributed by atoms with Crippen molar-refractivity contribution >= 4 is 17.5 Å². The van der Waals surface area contributed by atoms with Crippen LogP contribution in [0.15, 0.2) is 24.3 Å². The minimum Gasteiger partial charge on any atom is -0.381 e. The molecule has 1 aromatic rings. The summed E-state index contributed by atoms with van der Waals surface area (Å²) in [5.41, 5.74) is 1.34. The van der Waals surface area contributed by atoms with Crippen LogP contribution >= 0.6 is 11.6 Å². The van der Waals surface area contributed by atoms with Crippen LogP contribution in [0.1, 0.15) is 31.2 Å². The lowest BCUT2D eigenvalue weighted by Gasteiger charge is -2.36. The summed E-state index contributed by atoms with van der Waals surface area (Å²) in [6.07, 6.45) is 5.26. The molecule has 0 unspecified atom stereocenters. The summed E-state index contributed by atoms with van der Waals surface area (Å²) in [7, 11) is 1.98. The van der Waals surface area contributed by atoms with Crippen molar-refractivity contribution in [2.24, 2.45) is 11.8 Å². The molecule has 1 atom stereocenters. The lowest BCUT2D eigenvalue weighted by atomic mass is 9.95. The van der Waals surface area contributed by atoms with Gasteiger partial charge in [-0.25, -0.2) is 0 Å². The Balaban J connectivity index is 1.43. The first-order valence-electron chi connectivity index (χ1n) is 9.91. The van der Waals surface area contributed by atoms with Gasteiger partial charge in [-0.3, -0.25) is 4.79 Å². The van der Waals surface area contributed by atoms with Gasteiger partial charge in [-0.05, 0) is 62.3 Å². The number of hydrogen-bond donors (Lipinski definition) is 0. The van der Waals surface area contributed by atoms with Gasteiger partial charge in [0.25, 0.3) is 0 Å². The molecule has 3 rings (SSSR count). The van der Waals surface area contributed by atoms with Crippen molar-refractivity contribution in [3.05, 3.63) is 34.9 Å². The molecular formula is C21H31ClN2O2. The van der Waals surface area contributed by atoms with Gasteiger partial charge in [-0.2, -0.15) is 0 Å². The number of halogens is 1. The molecule has 1 aromatic carbocycles. The highest BCUT2D eigenvalue weighted by Crippen LogP contribution is 2.21. The van der Waals surface area contributed by atoms with Crippen molar-refractivity contribution in [3.63, 3.8) is 0 Å². The number of likely N-dealkylation sites (tertiary alicyclic amines) is 1. The highest BCUT2D eigenvalue weighted by molar-refractivity contribution is 6.30. The van der Waals surface area contributed by atoms with Crippen molar-refractivity contribution in [1.29, 1.82) is 0 Å². The summed E-state index contributed by atoms with van der Waals surface area (Å²) in [5, 5.41) is 0.795. The SMILES string of the molecule is CN(C[C@H]1CCCN(CCc2ccc(Cl)cc2)C1)C(=O)C1CCOCC1. The molecular weight excluding hydrogens is 348 g/mol. The maximum absolute atomic E-state index is 12.6. The van der Waals surface area contributed by atoms with Gasteiger partial charge >= 0.3 is 0 Å². The van der Waals surface area contributed by atoms with E-state index in [1.165, 1.54) is 24.9 Å². The molecule has 0 bridgehead atoms. The molecule has 0 aromatic heterocycles. The quantitative estimate of drug-likeness (QED) is 0.759. The fourth-order valence-electron chi connectivity index (χ4n) is 4.18. The van der Waals surface area contributed by atoms with E-state index in [1.807, 2.05) is 24.1 Å². The van der Waals surface area contributed by atoms with Crippen LogP contribution in [0.25, 0.3) is 0 Å². The third kappa shape index (κ3) is 5.70. The smallest absolute Gasteiger partial charge is 0.225 e. The number of carbonyl (C=O) groups is 1. The average molecular weight is 379 g/mol. The Morgan fingerprint density at radius 1 is 1.23 bits per heavy atom. The maximum Gasteiger partial charge on any atom is 0.225 e. The number of rotatable bonds is 6. The van der Waals surface area contributed by atoms with E-state index in [-0.39, 0.29) is 5.92 Å². The number of amides is 1. The Morgan fingerprint density at radius 3 is 2.69 bits per heavy atom. The largest absolute Gasteiger partial charge is 0.381 e. The number of carbonyl (C=O) groups excluding carboxylic acids is 1. The van der Waals surface area contributed by atoms with Gasteiger partial charge < -0.3 is 14.5 Å². The van der Waals surface area contributed by atoms with Crippen LogP contribution in [0.3, 0.4) is 0 Å². The zero-order valence-electron chi connectivity index (χ0n) is 15.8. The number of benzene rings is 1. The molecule has 2 heterocycles. The Morgan fingerprint density at radius 2 is 1.96 bits per heavy atom. The number of ether oxygens (including phenoxy) is 1. The Kier molecular flexibility index (Phi) is 7.35. The number of nitrogens with zero attached hydrogens (tertiary/aromatic N) is 2. The van der Waals surface area contributed by atoms with Crippen molar-refractivity contribution in [2.75, 3.05) is 46.4 Å². The Bertz CT molecular complexity index is 572. The van der Waals surface area contributed by atoms with E-state index >= 15 is 0 Å². The summed E-state index contributed by atoms with van der Waals surface area (Å²) < 4.78 is 5.38. The third-order valence-electron chi connectivity index (χ3n) is 5.71. The lowest BCUT2D eigenvalue weighted by Crippen LogP contribution is -2.44. The normalized spacial score (nSPS) is 22.3. The van der Waals surface area contributed by atoms with E-state index in [1.54, 1.807) is 0 Å². The Hall–Kier alpha value is -1.10. The van der Waals surface area contributed by atoms with Crippen LogP contribution in [0.4, 0.5) is 0 Å². The molecule has 4 nitrogen and oxygen atoms in total. The molecule has 0 spiro atoms. The second kappa shape index (κ2) is 9.72. The maximum atomic E-state index is 12.6. The van der Waals surface area contributed by atoms with Gasteiger partial charge in [0.2, 0.25) is 5.91 Å². The third-order valence-corrected chi connectivity index (χ3v) is 5.96. The first kappa shape index (κ1) is 19.7. The fourth-order valence-corrected chi connectivity index (χ4v) is 4.30. The summed E-state index contributed by atoms with van der Waals surface area (Å²) >= 11 is 5.96. The van der Waals surface area contributed by atoms with Crippen molar-refractivity contribution in [1.82, 2.24) is 9.80 Å². The minimum absolute atomic E-state index is 0.165. The first-order chi connectivity index (χ1) is 12.6. The van der Waals surface area contributed by atoms with Crippen LogP contribution in [0.2, 0.25) is 5.02 Å². The summed E-state index contributed by atoms with van der Waals surface area (Å²) in [5.74, 6) is 1.06. The second-order valence-corrected chi connectivity index (χ2v) is 8.23. The average Bonchev–Trinajstić information content (AvgIpc) is 2.68. The van der Waals surface area contributed by atoms with E-state index in [0.29, 0.717) is 11.8 Å². The molecule has 0 aliphatic carbocycles. The minimum atomic E-state index is 0.165. The molecule has 2 aliphatic rings. The van der Waals surface area contributed by atoms with E-state index in [0.717, 1.165) is 57.1 Å². The van der Waals surface area contributed by atoms with Crippen LogP contribution in [-0.2, 0) is 16.0 Å². The fraction of sp³-hybridized carbons (Fsp3) is 0.667. The van der Waals surface area contributed by atoms with Gasteiger partial charge in [0, 0.05) is 50.8 Å². The summed E-state index contributed by atoms with van der Waals surface area (Å²) in [6.45, 7) is 5.68. The van der Waals surface area contributed by atoms with Crippen molar-refractivity contribution in [3.8, 4) is 0 Å². The van der Waals surface area contributed by atoms with Crippen molar-refractivity contribution in [2.45, 2.75) is 32.1 Å². The lowest BCUT2D eigenvalue weighted by molar-refractivity contribution is -0.138. The summed E-state index contributed by atoms with van der Waals surface area (Å²) in [4.78, 5) is 17.2. The van der Waals surface area contributed by atoms with E-state index in [9.17, 15) is 4.79 Å². The second-order valence-electron chi connectivity index (χ2n) is 7.79. The molecule has 144 valence electrons. The highest BCUT2D eigenvalue weighted by atomic mass is 35.5. The predicted molar refractivity (Wildman–Crippen MR) is 106 cm³/mol. The van der Waals surface area contributed by atoms with Crippen molar-refractivity contribution < 1.29 is 9.53 Å². The zero-order valence-corrected chi connectivity index (χ0v) is 16.6. The highest BCUT2D eigenvalue weighted by Gasteiger charge is 2.27. The van der Waals surface area contributed by atoms with E-state index < -0.39 is 0 Å². The molecule has 5 heteroatoms. The number of hydrogen-bond acceptors (Lipinski definition) is 3. The molecule has 2 aliphatic heterocycles. The van der Waals surface area contributed by atoms with Gasteiger partial charge in [0.05, 0.1) is 0 Å². The predicted octanol–water partition coefficient (Wildman–Crippen LogP) is 3.48. The zero-order chi connectivity index (χ0) is 18.4. The monoisotopic (exact) mass is 378 g/mol. The number of piperidine rings is 1. The van der Waals surface area contributed by atoms with E-state index in [4.69, 9.17) is 16.3 Å². The molecule has 1 amide bonds. The van der Waals surface area contributed by atoms with Gasteiger partial charge in [-0.1, -0.05) is 23.7 Å². The molecule has 2 saturated heterocycles. The van der Waals surface area contributed by atoms with Crippen LogP contribution in [0, 0.1) is 11.8 Å². The van der Waals surface area contributed by atoms with Gasteiger partial charge in [-0.15, -0.1) is 0 Å². The first-order valence-corrected chi connectivity index (χ1v) is 10.3. The molecule has 26 heavy (non-hydrogen) atoms. The Labute approximate surface area is 162 Å². The standard InChI is InChI=1S/C21H31ClN2O2/c1-23(21(25)19-9-13-26-14-10-19)15-18-3-2-11-24(16-18)12-8-17-4-6-20(22)7-5-17/h4-7,18-19H,2-3,8-16H2,1H3/t18-/m1/s1. The molecule has 2 fully saturated rings.